The van der Waals surface area contributed by atoms with Gasteiger partial charge in [-0.3, -0.25) is 4.79 Å². The molecule has 36 heavy (non-hydrogen) atoms. The van der Waals surface area contributed by atoms with E-state index in [1.165, 1.54) is 49.6 Å². The van der Waals surface area contributed by atoms with Crippen LogP contribution >= 0.6 is 0 Å². The van der Waals surface area contributed by atoms with Crippen molar-refractivity contribution in [1.82, 2.24) is 0 Å². The topological polar surface area (TPSA) is 84.2 Å². The molecular weight excluding hydrogens is 481 g/mol. The molecule has 4 rings (SSSR count). The molecule has 7 nitrogen and oxygen atoms in total. The lowest BCUT2D eigenvalue weighted by atomic mass is 10.2. The molecule has 0 unspecified atom stereocenters. The summed E-state index contributed by atoms with van der Waals surface area (Å²) in [7, 11) is 1.47. The van der Waals surface area contributed by atoms with Crippen molar-refractivity contribution in [3.8, 4) is 28.7 Å². The molecule has 0 amide bonds. The van der Waals surface area contributed by atoms with Crippen molar-refractivity contribution in [2.45, 2.75) is 13.1 Å². The number of esters is 1. The van der Waals surface area contributed by atoms with E-state index in [1.54, 1.807) is 25.1 Å². The van der Waals surface area contributed by atoms with Crippen molar-refractivity contribution in [2.24, 2.45) is 0 Å². The van der Waals surface area contributed by atoms with Crippen LogP contribution in [0.3, 0.4) is 0 Å². The molecule has 1 aromatic heterocycles. The number of benzene rings is 3. The molecule has 0 saturated carbocycles. The van der Waals surface area contributed by atoms with Crippen LogP contribution in [0.4, 0.5) is 13.2 Å². The van der Waals surface area contributed by atoms with E-state index in [9.17, 15) is 22.8 Å². The third-order valence-electron chi connectivity index (χ3n) is 4.98. The maximum absolute atomic E-state index is 13.9. The van der Waals surface area contributed by atoms with Crippen molar-refractivity contribution in [3.05, 3.63) is 88.3 Å². The van der Waals surface area contributed by atoms with Gasteiger partial charge in [-0.2, -0.15) is 13.2 Å². The Kier molecular flexibility index (Phi) is 6.86. The number of rotatable bonds is 7. The Morgan fingerprint density at radius 1 is 0.944 bits per heavy atom. The van der Waals surface area contributed by atoms with E-state index in [1.807, 2.05) is 0 Å². The molecule has 3 aromatic carbocycles. The summed E-state index contributed by atoms with van der Waals surface area (Å²) >= 11 is 0. The van der Waals surface area contributed by atoms with Gasteiger partial charge in [0.15, 0.2) is 11.5 Å². The number of fused-ring (bicyclic) bond motifs is 1. The predicted molar refractivity (Wildman–Crippen MR) is 123 cm³/mol. The highest BCUT2D eigenvalue weighted by Crippen LogP contribution is 2.40. The minimum atomic E-state index is -5.06. The maximum atomic E-state index is 13.9. The van der Waals surface area contributed by atoms with Crippen molar-refractivity contribution in [3.63, 3.8) is 0 Å². The molecule has 0 N–H and O–H groups in total. The van der Waals surface area contributed by atoms with Crippen LogP contribution in [0.25, 0.3) is 11.0 Å². The fourth-order valence-electron chi connectivity index (χ4n) is 3.31. The van der Waals surface area contributed by atoms with Crippen molar-refractivity contribution >= 4 is 16.9 Å². The third kappa shape index (κ3) is 5.12. The molecule has 0 aliphatic heterocycles. The van der Waals surface area contributed by atoms with Crippen molar-refractivity contribution < 1.29 is 41.3 Å². The van der Waals surface area contributed by atoms with Gasteiger partial charge in [0, 0.05) is 6.07 Å². The quantitative estimate of drug-likeness (QED) is 0.220. The van der Waals surface area contributed by atoms with Gasteiger partial charge in [0.05, 0.1) is 24.7 Å². The number of hydrogen-bond donors (Lipinski definition) is 0. The zero-order valence-corrected chi connectivity index (χ0v) is 19.0. The first-order valence-electron chi connectivity index (χ1n) is 10.6. The summed E-state index contributed by atoms with van der Waals surface area (Å²) in [6, 6.07) is 15.5. The molecule has 0 aliphatic rings. The molecule has 0 atom stereocenters. The van der Waals surface area contributed by atoms with Gasteiger partial charge in [0.2, 0.25) is 11.2 Å². The molecule has 10 heteroatoms. The average molecular weight is 500 g/mol. The van der Waals surface area contributed by atoms with E-state index < -0.39 is 34.7 Å². The van der Waals surface area contributed by atoms with E-state index in [2.05, 4.69) is 0 Å². The number of carbonyl (C=O) groups is 1. The minimum Gasteiger partial charge on any atom is -0.497 e. The SMILES string of the molecule is CCOc1ccccc1Oc1c(C(F)(F)F)oc2cc(OC(=O)c3ccc(OC)cc3)ccc2c1=O. The van der Waals surface area contributed by atoms with Gasteiger partial charge in [-0.25, -0.2) is 4.79 Å². The molecule has 4 aromatic rings. The second kappa shape index (κ2) is 10.0. The zero-order chi connectivity index (χ0) is 25.9. The molecule has 0 spiro atoms. The van der Waals surface area contributed by atoms with E-state index in [4.69, 9.17) is 23.4 Å². The Balaban J connectivity index is 1.73. The second-order valence-electron chi connectivity index (χ2n) is 7.34. The molecule has 186 valence electrons. The number of para-hydroxylation sites is 2. The maximum Gasteiger partial charge on any atom is 0.453 e. The van der Waals surface area contributed by atoms with Crippen molar-refractivity contribution in [2.75, 3.05) is 13.7 Å². The highest BCUT2D eigenvalue weighted by Gasteiger charge is 2.40. The van der Waals surface area contributed by atoms with E-state index >= 15 is 0 Å². The fraction of sp³-hybridized carbons (Fsp3) is 0.154. The summed E-state index contributed by atoms with van der Waals surface area (Å²) < 4.78 is 67.7. The van der Waals surface area contributed by atoms with Crippen LogP contribution in [0.1, 0.15) is 23.0 Å². The van der Waals surface area contributed by atoms with Gasteiger partial charge in [-0.1, -0.05) is 12.1 Å². The third-order valence-corrected chi connectivity index (χ3v) is 4.98. The minimum absolute atomic E-state index is 0.0819. The molecule has 0 aliphatic carbocycles. The molecule has 0 fully saturated rings. The number of ether oxygens (including phenoxy) is 4. The molecule has 0 bridgehead atoms. The lowest BCUT2D eigenvalue weighted by Gasteiger charge is -2.15. The lowest BCUT2D eigenvalue weighted by molar-refractivity contribution is -0.154. The first-order chi connectivity index (χ1) is 17.2. The number of alkyl halides is 3. The van der Waals surface area contributed by atoms with E-state index in [0.29, 0.717) is 5.75 Å². The lowest BCUT2D eigenvalue weighted by Crippen LogP contribution is -2.16. The average Bonchev–Trinajstić information content (AvgIpc) is 2.86. The zero-order valence-electron chi connectivity index (χ0n) is 19.0. The van der Waals surface area contributed by atoms with Gasteiger partial charge in [0.25, 0.3) is 5.76 Å². The first-order valence-corrected chi connectivity index (χ1v) is 10.6. The van der Waals surface area contributed by atoms with Crippen LogP contribution < -0.4 is 24.4 Å². The fourth-order valence-corrected chi connectivity index (χ4v) is 3.31. The normalized spacial score (nSPS) is 11.2. The Labute approximate surface area is 202 Å². The molecule has 0 saturated heterocycles. The van der Waals surface area contributed by atoms with Crippen LogP contribution in [0.15, 0.2) is 75.9 Å². The van der Waals surface area contributed by atoms with Gasteiger partial charge >= 0.3 is 12.1 Å². The predicted octanol–water partition coefficient (Wildman–Crippen LogP) is 6.23. The monoisotopic (exact) mass is 500 g/mol. The summed E-state index contributed by atoms with van der Waals surface area (Å²) in [5.41, 5.74) is -1.30. The van der Waals surface area contributed by atoms with Gasteiger partial charge in [0.1, 0.15) is 17.1 Å². The van der Waals surface area contributed by atoms with Gasteiger partial charge < -0.3 is 23.4 Å². The number of halogens is 3. The van der Waals surface area contributed by atoms with Crippen LogP contribution in [0.2, 0.25) is 0 Å². The summed E-state index contributed by atoms with van der Waals surface area (Å²) in [5, 5.41) is -0.198. The van der Waals surface area contributed by atoms with Crippen LogP contribution in [0, 0.1) is 0 Å². The first kappa shape index (κ1) is 24.6. The molecule has 0 radical (unpaired) electrons. The summed E-state index contributed by atoms with van der Waals surface area (Å²) in [4.78, 5) is 25.5. The Bertz CT molecular complexity index is 1460. The Morgan fingerprint density at radius 3 is 2.25 bits per heavy atom. The van der Waals surface area contributed by atoms with Gasteiger partial charge in [-0.15, -0.1) is 0 Å². The summed E-state index contributed by atoms with van der Waals surface area (Å²) in [6.07, 6.45) is -5.06. The summed E-state index contributed by atoms with van der Waals surface area (Å²) in [6.45, 7) is 1.93. The number of hydrogen-bond acceptors (Lipinski definition) is 7. The summed E-state index contributed by atoms with van der Waals surface area (Å²) in [5.74, 6) is -2.94. The second-order valence-corrected chi connectivity index (χ2v) is 7.34. The molecule has 1 heterocycles. The largest absolute Gasteiger partial charge is 0.497 e. The number of methoxy groups -OCH3 is 1. The standard InChI is InChI=1S/C26H19F3O7/c1-3-33-19-6-4-5-7-20(19)35-23-22(30)18-13-12-17(14-21(18)36-24(23)26(27,28)29)34-25(31)15-8-10-16(32-2)11-9-15/h4-14H,3H2,1-2H3. The van der Waals surface area contributed by atoms with Crippen molar-refractivity contribution in [1.29, 1.82) is 0 Å². The smallest absolute Gasteiger partial charge is 0.453 e. The van der Waals surface area contributed by atoms with Crippen LogP contribution in [-0.4, -0.2) is 19.7 Å². The Morgan fingerprint density at radius 2 is 1.61 bits per heavy atom. The highest BCUT2D eigenvalue weighted by molar-refractivity contribution is 5.91. The van der Waals surface area contributed by atoms with Gasteiger partial charge in [-0.05, 0) is 55.5 Å². The van der Waals surface area contributed by atoms with E-state index in [-0.39, 0.29) is 34.8 Å². The van der Waals surface area contributed by atoms with E-state index in [0.717, 1.165) is 6.07 Å². The molecular formula is C26H19F3O7. The highest BCUT2D eigenvalue weighted by atomic mass is 19.4. The Hall–Kier alpha value is -4.47. The number of carbonyl (C=O) groups excluding carboxylic acids is 1. The van der Waals surface area contributed by atoms with Crippen LogP contribution in [-0.2, 0) is 6.18 Å². The van der Waals surface area contributed by atoms with Crippen LogP contribution in [0.5, 0.6) is 28.7 Å².